The van der Waals surface area contributed by atoms with Crippen LogP contribution in [0.5, 0.6) is 0 Å². The van der Waals surface area contributed by atoms with Gasteiger partial charge in [0.15, 0.2) is 9.62 Å². The maximum Gasteiger partial charge on any atom is 0.289 e. The summed E-state index contributed by atoms with van der Waals surface area (Å²) in [5.74, 6) is 0. The van der Waals surface area contributed by atoms with Crippen LogP contribution in [0.25, 0.3) is 0 Å². The smallest absolute Gasteiger partial charge is 0.289 e. The highest BCUT2D eigenvalue weighted by Crippen LogP contribution is 2.36. The Morgan fingerprint density at radius 2 is 1.44 bits per heavy atom. The number of nitrogens with two attached hydrogens (primary N) is 1. The summed E-state index contributed by atoms with van der Waals surface area (Å²) in [5, 5.41) is 0. The zero-order valence-electron chi connectivity index (χ0n) is 8.23. The highest BCUT2D eigenvalue weighted by Gasteiger charge is 2.59. The van der Waals surface area contributed by atoms with Gasteiger partial charge in [0.1, 0.15) is 0 Å². The molecular formula is C7H11NO6S2. The Labute approximate surface area is 93.1 Å². The van der Waals surface area contributed by atoms with E-state index in [9.17, 15) is 16.8 Å². The molecule has 16 heavy (non-hydrogen) atoms. The van der Waals surface area contributed by atoms with E-state index in [0.717, 1.165) is 19.1 Å². The van der Waals surface area contributed by atoms with Crippen molar-refractivity contribution in [1.29, 1.82) is 0 Å². The Kier molecular flexibility index (Phi) is 2.81. The van der Waals surface area contributed by atoms with Crippen LogP contribution < -0.4 is 5.73 Å². The highest BCUT2D eigenvalue weighted by molar-refractivity contribution is 7.92. The molecular weight excluding hydrogens is 258 g/mol. The second kappa shape index (κ2) is 3.37. The summed E-state index contributed by atoms with van der Waals surface area (Å²) in [6, 6.07) is 0. The molecule has 2 unspecified atom stereocenters. The fourth-order valence-electron chi connectivity index (χ4n) is 1.36. The minimum atomic E-state index is -4.92. The van der Waals surface area contributed by atoms with Gasteiger partial charge in [-0.2, -0.15) is 16.8 Å². The zero-order valence-corrected chi connectivity index (χ0v) is 9.86. The van der Waals surface area contributed by atoms with Crippen molar-refractivity contribution in [1.82, 2.24) is 0 Å². The van der Waals surface area contributed by atoms with Crippen LogP contribution in [0.2, 0.25) is 0 Å². The molecule has 1 aliphatic carbocycles. The lowest BCUT2D eigenvalue weighted by Crippen LogP contribution is -2.65. The van der Waals surface area contributed by atoms with Gasteiger partial charge in [0, 0.05) is 0 Å². The molecule has 0 aromatic heterocycles. The topological polar surface area (TPSA) is 135 Å². The molecule has 0 fully saturated rings. The number of rotatable bonds is 2. The molecule has 7 nitrogen and oxygen atoms in total. The Bertz CT molecular complexity index is 508. The van der Waals surface area contributed by atoms with E-state index in [1.165, 1.54) is 12.2 Å². The average Bonchev–Trinajstić information content (AvgIpc) is 2.06. The zero-order chi connectivity index (χ0) is 12.8. The number of hydrogen-bond donors (Lipinski definition) is 3. The van der Waals surface area contributed by atoms with Gasteiger partial charge in [-0.25, -0.2) is 0 Å². The van der Waals surface area contributed by atoms with Crippen LogP contribution in [0.4, 0.5) is 0 Å². The van der Waals surface area contributed by atoms with Crippen molar-refractivity contribution >= 4 is 20.2 Å². The third-order valence-electron chi connectivity index (χ3n) is 2.61. The molecule has 0 radical (unpaired) electrons. The van der Waals surface area contributed by atoms with Crippen LogP contribution in [0.3, 0.4) is 0 Å². The molecule has 1 aliphatic rings. The lowest BCUT2D eigenvalue weighted by molar-refractivity contribution is 0.393. The maximum atomic E-state index is 11.2. The van der Waals surface area contributed by atoms with Crippen molar-refractivity contribution in [3.8, 4) is 0 Å². The summed E-state index contributed by atoms with van der Waals surface area (Å²) >= 11 is 0. The Morgan fingerprint density at radius 3 is 1.75 bits per heavy atom. The summed E-state index contributed by atoms with van der Waals surface area (Å²) in [6.07, 6.45) is 4.08. The fourth-order valence-corrected chi connectivity index (χ4v) is 3.55. The largest absolute Gasteiger partial charge is 0.306 e. The van der Waals surface area contributed by atoms with Crippen molar-refractivity contribution < 1.29 is 25.9 Å². The van der Waals surface area contributed by atoms with E-state index >= 15 is 0 Å². The van der Waals surface area contributed by atoms with Crippen molar-refractivity contribution in [2.45, 2.75) is 16.5 Å². The van der Waals surface area contributed by atoms with Crippen LogP contribution in [0.15, 0.2) is 24.3 Å². The number of allylic oxidation sites excluding steroid dienone is 2. The molecule has 0 heterocycles. The second-order valence-corrected chi connectivity index (χ2v) is 6.99. The van der Waals surface area contributed by atoms with E-state index in [2.05, 4.69) is 0 Å². The van der Waals surface area contributed by atoms with Gasteiger partial charge in [0.25, 0.3) is 20.2 Å². The minimum absolute atomic E-state index is 0.802. The van der Waals surface area contributed by atoms with Crippen molar-refractivity contribution in [3.05, 3.63) is 24.3 Å². The van der Waals surface area contributed by atoms with E-state index in [0.29, 0.717) is 0 Å². The highest BCUT2D eigenvalue weighted by atomic mass is 32.2. The predicted molar refractivity (Wildman–Crippen MR) is 56.7 cm³/mol. The first-order valence-corrected chi connectivity index (χ1v) is 6.94. The fraction of sp³-hybridized carbons (Fsp3) is 0.429. The van der Waals surface area contributed by atoms with Gasteiger partial charge in [0.2, 0.25) is 0 Å². The predicted octanol–water partition coefficient (Wildman–Crippen LogP) is -0.698. The van der Waals surface area contributed by atoms with Gasteiger partial charge in [0.05, 0.1) is 0 Å². The Balaban J connectivity index is 3.64. The van der Waals surface area contributed by atoms with Crippen LogP contribution in [-0.2, 0) is 20.2 Å². The molecule has 0 saturated carbocycles. The summed E-state index contributed by atoms with van der Waals surface area (Å²) < 4.78 is 60.3. The summed E-state index contributed by atoms with van der Waals surface area (Å²) in [7, 11) is -9.73. The van der Waals surface area contributed by atoms with Gasteiger partial charge < -0.3 is 5.73 Å². The molecule has 0 aromatic carbocycles. The van der Waals surface area contributed by atoms with Gasteiger partial charge in [-0.15, -0.1) is 0 Å². The lowest BCUT2D eigenvalue weighted by atomic mass is 9.96. The van der Waals surface area contributed by atoms with Crippen LogP contribution in [-0.4, -0.2) is 35.6 Å². The normalized spacial score (nSPS) is 35.2. The molecule has 2 atom stereocenters. The summed E-state index contributed by atoms with van der Waals surface area (Å²) in [4.78, 5) is -2.62. The van der Waals surface area contributed by atoms with E-state index in [-0.39, 0.29) is 0 Å². The van der Waals surface area contributed by atoms with E-state index in [1.807, 2.05) is 0 Å². The second-order valence-electron chi connectivity index (χ2n) is 3.57. The minimum Gasteiger partial charge on any atom is -0.306 e. The monoisotopic (exact) mass is 269 g/mol. The van der Waals surface area contributed by atoms with Crippen LogP contribution >= 0.6 is 0 Å². The van der Waals surface area contributed by atoms with Crippen molar-refractivity contribution in [2.75, 3.05) is 0 Å². The third-order valence-corrected chi connectivity index (χ3v) is 5.70. The van der Waals surface area contributed by atoms with Gasteiger partial charge in [-0.3, -0.25) is 9.11 Å². The average molecular weight is 269 g/mol. The van der Waals surface area contributed by atoms with Crippen LogP contribution in [0.1, 0.15) is 6.92 Å². The quantitative estimate of drug-likeness (QED) is 0.564. The molecule has 0 aliphatic heterocycles. The van der Waals surface area contributed by atoms with Gasteiger partial charge in [-0.1, -0.05) is 18.2 Å². The number of hydrogen-bond acceptors (Lipinski definition) is 5. The molecule has 0 spiro atoms. The first kappa shape index (κ1) is 13.3. The molecule has 0 saturated heterocycles. The maximum absolute atomic E-state index is 11.2. The Hall–Kier alpha value is -0.740. The van der Waals surface area contributed by atoms with E-state index in [1.54, 1.807) is 0 Å². The van der Waals surface area contributed by atoms with Crippen molar-refractivity contribution in [3.63, 3.8) is 0 Å². The third kappa shape index (κ3) is 1.60. The SMILES string of the molecule is CC1(S(=O)(=O)O)C=CC=CC1(N)S(=O)(=O)O. The molecule has 9 heteroatoms. The van der Waals surface area contributed by atoms with E-state index in [4.69, 9.17) is 14.8 Å². The molecule has 1 rings (SSSR count). The van der Waals surface area contributed by atoms with Crippen molar-refractivity contribution in [2.24, 2.45) is 5.73 Å². The Morgan fingerprint density at radius 1 is 1.00 bits per heavy atom. The molecule has 0 bridgehead atoms. The summed E-state index contributed by atoms with van der Waals surface area (Å²) in [5.41, 5.74) is 5.39. The summed E-state index contributed by atoms with van der Waals surface area (Å²) in [6.45, 7) is 0.899. The molecule has 4 N–H and O–H groups in total. The van der Waals surface area contributed by atoms with E-state index < -0.39 is 29.9 Å². The molecule has 92 valence electrons. The van der Waals surface area contributed by atoms with Gasteiger partial charge >= 0.3 is 0 Å². The van der Waals surface area contributed by atoms with Crippen LogP contribution in [0, 0.1) is 0 Å². The molecule has 0 aromatic rings. The molecule has 0 amide bonds. The lowest BCUT2D eigenvalue weighted by Gasteiger charge is -2.38. The van der Waals surface area contributed by atoms with Gasteiger partial charge in [-0.05, 0) is 13.0 Å². The first-order chi connectivity index (χ1) is 6.96. The standard InChI is InChI=1S/C7H11NO6S2/c1-6(15(9,10)11)4-2-3-5-7(6,8)16(12,13)14/h2-5H,8H2,1H3,(H,9,10,11)(H,12,13,14). The first-order valence-electron chi connectivity index (χ1n) is 4.06.